The van der Waals surface area contributed by atoms with Crippen LogP contribution in [0.15, 0.2) is 0 Å². The van der Waals surface area contributed by atoms with Crippen molar-refractivity contribution < 1.29 is 14.3 Å². The lowest BCUT2D eigenvalue weighted by molar-refractivity contribution is -0.137. The van der Waals surface area contributed by atoms with Crippen molar-refractivity contribution in [3.05, 3.63) is 0 Å². The first kappa shape index (κ1) is 19.3. The number of carbonyl (C=O) groups excluding carboxylic acids is 2. The van der Waals surface area contributed by atoms with Crippen molar-refractivity contribution in [2.75, 3.05) is 19.9 Å². The van der Waals surface area contributed by atoms with Crippen molar-refractivity contribution in [2.24, 2.45) is 11.3 Å². The van der Waals surface area contributed by atoms with Crippen LogP contribution in [0.4, 0.5) is 0 Å². The zero-order chi connectivity index (χ0) is 16.8. The summed E-state index contributed by atoms with van der Waals surface area (Å²) in [5.41, 5.74) is -0.485. The van der Waals surface area contributed by atoms with Crippen LogP contribution in [0, 0.1) is 11.3 Å². The number of nitrogens with one attached hydrogen (secondary N) is 2. The Morgan fingerprint density at radius 3 is 2.32 bits per heavy atom. The van der Waals surface area contributed by atoms with Gasteiger partial charge in [0.15, 0.2) is 0 Å². The highest BCUT2D eigenvalue weighted by molar-refractivity contribution is 7.80. The molecule has 0 saturated heterocycles. The maximum absolute atomic E-state index is 12.8. The van der Waals surface area contributed by atoms with Gasteiger partial charge in [0.25, 0.3) is 0 Å². The Balaban J connectivity index is 2.76. The zero-order valence-corrected chi connectivity index (χ0v) is 15.0. The van der Waals surface area contributed by atoms with E-state index in [1.54, 1.807) is 14.2 Å². The molecule has 0 radical (unpaired) electrons. The molecule has 5 nitrogen and oxygen atoms in total. The maximum atomic E-state index is 12.8. The van der Waals surface area contributed by atoms with E-state index >= 15 is 0 Å². The van der Waals surface area contributed by atoms with E-state index in [9.17, 15) is 9.59 Å². The third-order valence-electron chi connectivity index (χ3n) is 4.58. The van der Waals surface area contributed by atoms with E-state index in [-0.39, 0.29) is 17.9 Å². The van der Waals surface area contributed by atoms with Gasteiger partial charge in [0.05, 0.1) is 11.5 Å². The Morgan fingerprint density at radius 1 is 1.32 bits per heavy atom. The summed E-state index contributed by atoms with van der Waals surface area (Å²) < 4.78 is 5.38. The first-order chi connectivity index (χ1) is 10.4. The molecule has 0 aromatic carbocycles. The Labute approximate surface area is 139 Å². The fourth-order valence-electron chi connectivity index (χ4n) is 3.03. The second-order valence-electron chi connectivity index (χ2n) is 6.64. The number of rotatable bonds is 7. The van der Waals surface area contributed by atoms with E-state index in [2.05, 4.69) is 23.3 Å². The lowest BCUT2D eigenvalue weighted by Gasteiger charge is -2.38. The molecule has 22 heavy (non-hydrogen) atoms. The summed E-state index contributed by atoms with van der Waals surface area (Å²) in [5.74, 6) is 0.643. The molecule has 6 heteroatoms. The summed E-state index contributed by atoms with van der Waals surface area (Å²) in [5, 5.41) is 5.59. The van der Waals surface area contributed by atoms with Crippen LogP contribution in [0.25, 0.3) is 0 Å². The minimum absolute atomic E-state index is 0.0497. The molecular weight excluding hydrogens is 300 g/mol. The average molecular weight is 330 g/mol. The molecule has 0 aromatic rings. The van der Waals surface area contributed by atoms with Crippen LogP contribution in [0.2, 0.25) is 0 Å². The minimum atomic E-state index is -0.485. The Kier molecular flexibility index (Phi) is 7.69. The number of amides is 2. The molecule has 2 amide bonds. The summed E-state index contributed by atoms with van der Waals surface area (Å²) >= 11 is 4.41. The minimum Gasteiger partial charge on any atom is -0.381 e. The fourth-order valence-corrected chi connectivity index (χ4v) is 3.48. The van der Waals surface area contributed by atoms with Crippen LogP contribution >= 0.6 is 12.6 Å². The number of methoxy groups -OCH3 is 1. The average Bonchev–Trinajstić information content (AvgIpc) is 2.52. The van der Waals surface area contributed by atoms with Gasteiger partial charge in [-0.05, 0) is 38.0 Å². The van der Waals surface area contributed by atoms with E-state index < -0.39 is 11.5 Å². The predicted octanol–water partition coefficient (Wildman–Crippen LogP) is 1.77. The molecule has 2 N–H and O–H groups in total. The number of ether oxygens (including phenoxy) is 1. The van der Waals surface area contributed by atoms with Crippen LogP contribution in [0.3, 0.4) is 0 Å². The molecular formula is C16H30N2O3S. The zero-order valence-electron chi connectivity index (χ0n) is 14.1. The number of likely N-dealkylation sites (N-methyl/N-ethyl adjacent to an activating group) is 1. The number of hydrogen-bond acceptors (Lipinski definition) is 4. The van der Waals surface area contributed by atoms with Gasteiger partial charge in [-0.3, -0.25) is 9.59 Å². The molecule has 128 valence electrons. The molecule has 1 aliphatic carbocycles. The van der Waals surface area contributed by atoms with Crippen LogP contribution in [0.1, 0.15) is 46.0 Å². The summed E-state index contributed by atoms with van der Waals surface area (Å²) in [7, 11) is 3.31. The topological polar surface area (TPSA) is 67.4 Å². The Hall–Kier alpha value is -0.750. The van der Waals surface area contributed by atoms with Crippen molar-refractivity contribution in [3.63, 3.8) is 0 Å². The maximum Gasteiger partial charge on any atom is 0.242 e. The van der Waals surface area contributed by atoms with E-state index in [1.165, 1.54) is 0 Å². The van der Waals surface area contributed by atoms with Crippen LogP contribution in [0.5, 0.6) is 0 Å². The second kappa shape index (κ2) is 8.77. The van der Waals surface area contributed by atoms with E-state index in [0.717, 1.165) is 25.7 Å². The number of hydrogen-bond donors (Lipinski definition) is 3. The number of thiol groups is 1. The SMILES string of the molecule is CNC(=O)[C@H](CC(C)C)NC(=O)[C@]1(CS)CC[C@H](OC)CC1. The van der Waals surface area contributed by atoms with Crippen molar-refractivity contribution in [1.29, 1.82) is 0 Å². The smallest absolute Gasteiger partial charge is 0.242 e. The Morgan fingerprint density at radius 2 is 1.91 bits per heavy atom. The summed E-state index contributed by atoms with van der Waals surface area (Å²) in [6.45, 7) is 4.08. The van der Waals surface area contributed by atoms with Crippen molar-refractivity contribution >= 4 is 24.4 Å². The molecule has 0 heterocycles. The van der Waals surface area contributed by atoms with Gasteiger partial charge in [-0.15, -0.1) is 0 Å². The largest absolute Gasteiger partial charge is 0.381 e. The molecule has 1 rings (SSSR count). The highest BCUT2D eigenvalue weighted by Crippen LogP contribution is 2.38. The monoisotopic (exact) mass is 330 g/mol. The van der Waals surface area contributed by atoms with Crippen LogP contribution in [-0.4, -0.2) is 43.9 Å². The molecule has 0 bridgehead atoms. The van der Waals surface area contributed by atoms with Crippen LogP contribution in [-0.2, 0) is 14.3 Å². The molecule has 1 atom stereocenters. The van der Waals surface area contributed by atoms with Gasteiger partial charge < -0.3 is 15.4 Å². The van der Waals surface area contributed by atoms with Gasteiger partial charge in [0.2, 0.25) is 11.8 Å². The predicted molar refractivity (Wildman–Crippen MR) is 91.0 cm³/mol. The van der Waals surface area contributed by atoms with Gasteiger partial charge in [0.1, 0.15) is 6.04 Å². The van der Waals surface area contributed by atoms with Gasteiger partial charge in [-0.2, -0.15) is 12.6 Å². The Bertz CT molecular complexity index is 380. The molecule has 0 unspecified atom stereocenters. The van der Waals surface area contributed by atoms with E-state index in [1.807, 2.05) is 13.8 Å². The first-order valence-corrected chi connectivity index (χ1v) is 8.68. The third-order valence-corrected chi connectivity index (χ3v) is 5.19. The summed E-state index contributed by atoms with van der Waals surface area (Å²) in [4.78, 5) is 24.8. The summed E-state index contributed by atoms with van der Waals surface area (Å²) in [6.07, 6.45) is 4.09. The molecule has 1 aliphatic rings. The lowest BCUT2D eigenvalue weighted by atomic mass is 9.73. The van der Waals surface area contributed by atoms with E-state index in [0.29, 0.717) is 18.1 Å². The quantitative estimate of drug-likeness (QED) is 0.623. The van der Waals surface area contributed by atoms with Gasteiger partial charge >= 0.3 is 0 Å². The van der Waals surface area contributed by atoms with Crippen molar-refractivity contribution in [3.8, 4) is 0 Å². The molecule has 1 fully saturated rings. The van der Waals surface area contributed by atoms with Crippen molar-refractivity contribution in [1.82, 2.24) is 10.6 Å². The fraction of sp³-hybridized carbons (Fsp3) is 0.875. The van der Waals surface area contributed by atoms with Gasteiger partial charge in [-0.25, -0.2) is 0 Å². The molecule has 1 saturated carbocycles. The molecule has 0 aliphatic heterocycles. The van der Waals surface area contributed by atoms with Gasteiger partial charge in [0, 0.05) is 19.9 Å². The van der Waals surface area contributed by atoms with Gasteiger partial charge in [-0.1, -0.05) is 13.8 Å². The molecule has 0 aromatic heterocycles. The first-order valence-electron chi connectivity index (χ1n) is 8.04. The standard InChI is InChI=1S/C16H30N2O3S/c1-11(2)9-13(14(19)17-3)18-15(20)16(10-22)7-5-12(21-4)6-8-16/h11-13,22H,5-10H2,1-4H3,(H,17,19)(H,18,20)/t12-,13-,16+/m0/s1. The lowest BCUT2D eigenvalue weighted by Crippen LogP contribution is -2.53. The number of carbonyl (C=O) groups is 2. The third kappa shape index (κ3) is 4.88. The van der Waals surface area contributed by atoms with Crippen LogP contribution < -0.4 is 10.6 Å². The molecule has 0 spiro atoms. The highest BCUT2D eigenvalue weighted by Gasteiger charge is 2.42. The van der Waals surface area contributed by atoms with Crippen molar-refractivity contribution in [2.45, 2.75) is 58.1 Å². The second-order valence-corrected chi connectivity index (χ2v) is 6.96. The highest BCUT2D eigenvalue weighted by atomic mass is 32.1. The summed E-state index contributed by atoms with van der Waals surface area (Å²) in [6, 6.07) is -0.477. The van der Waals surface area contributed by atoms with E-state index in [4.69, 9.17) is 4.74 Å². The normalized spacial score (nSPS) is 26.5.